The number of halogens is 1. The van der Waals surface area contributed by atoms with Gasteiger partial charge in [-0.2, -0.15) is 5.10 Å². The molecule has 7 nitrogen and oxygen atoms in total. The summed E-state index contributed by atoms with van der Waals surface area (Å²) in [5, 5.41) is 9.90. The highest BCUT2D eigenvalue weighted by Gasteiger charge is 2.31. The molecule has 2 aromatic carbocycles. The second-order valence-corrected chi connectivity index (χ2v) is 6.47. The van der Waals surface area contributed by atoms with Crippen LogP contribution in [-0.4, -0.2) is 25.3 Å². The standard InChI is InChI=1S/C20H19ClN4O3/c1-12-17(19(26)25-22-11-14-5-3-4-6-16(14)21)18(24-20(27)23-12)13-7-9-15(28-2)10-8-13/h3-11,18H,1-2H3,(H,25,26)(H2,23,24,27). The minimum atomic E-state index is -0.616. The van der Waals surface area contributed by atoms with E-state index in [0.717, 1.165) is 5.56 Å². The van der Waals surface area contributed by atoms with Crippen molar-refractivity contribution in [2.24, 2.45) is 5.10 Å². The van der Waals surface area contributed by atoms with E-state index in [1.807, 2.05) is 12.1 Å². The van der Waals surface area contributed by atoms with Crippen LogP contribution < -0.4 is 20.8 Å². The number of ether oxygens (including phenoxy) is 1. The number of carbonyl (C=O) groups excluding carboxylic acids is 2. The van der Waals surface area contributed by atoms with Crippen LogP contribution in [0.1, 0.15) is 24.1 Å². The summed E-state index contributed by atoms with van der Waals surface area (Å²) in [7, 11) is 1.57. The Morgan fingerprint density at radius 2 is 1.93 bits per heavy atom. The van der Waals surface area contributed by atoms with E-state index in [1.165, 1.54) is 6.21 Å². The molecule has 3 rings (SSSR count). The molecular formula is C20H19ClN4O3. The van der Waals surface area contributed by atoms with Crippen molar-refractivity contribution >= 4 is 29.8 Å². The maximum Gasteiger partial charge on any atom is 0.319 e. The number of rotatable bonds is 5. The molecule has 0 bridgehead atoms. The van der Waals surface area contributed by atoms with Crippen molar-refractivity contribution < 1.29 is 14.3 Å². The van der Waals surface area contributed by atoms with Crippen molar-refractivity contribution in [1.82, 2.24) is 16.1 Å². The molecule has 1 heterocycles. The highest BCUT2D eigenvalue weighted by atomic mass is 35.5. The maximum absolute atomic E-state index is 12.8. The zero-order chi connectivity index (χ0) is 20.1. The number of nitrogens with zero attached hydrogens (tertiary/aromatic N) is 1. The second kappa shape index (κ2) is 8.58. The number of hydrazone groups is 1. The van der Waals surface area contributed by atoms with Crippen molar-refractivity contribution in [3.63, 3.8) is 0 Å². The molecule has 0 saturated heterocycles. The molecule has 144 valence electrons. The van der Waals surface area contributed by atoms with Crippen LogP contribution in [0.25, 0.3) is 0 Å². The van der Waals surface area contributed by atoms with Crippen molar-refractivity contribution in [1.29, 1.82) is 0 Å². The minimum absolute atomic E-state index is 0.362. The molecule has 3 amide bonds. The third kappa shape index (κ3) is 4.32. The Kier molecular flexibility index (Phi) is 5.96. The quantitative estimate of drug-likeness (QED) is 0.533. The van der Waals surface area contributed by atoms with E-state index in [1.54, 1.807) is 50.4 Å². The van der Waals surface area contributed by atoms with E-state index in [4.69, 9.17) is 16.3 Å². The summed E-state index contributed by atoms with van der Waals surface area (Å²) in [6, 6.07) is 13.3. The van der Waals surface area contributed by atoms with Crippen LogP contribution in [0, 0.1) is 0 Å². The summed E-state index contributed by atoms with van der Waals surface area (Å²) in [4.78, 5) is 24.7. The zero-order valence-corrected chi connectivity index (χ0v) is 16.1. The molecule has 0 aliphatic carbocycles. The van der Waals surface area contributed by atoms with Crippen LogP contribution in [0.15, 0.2) is 64.9 Å². The fourth-order valence-corrected chi connectivity index (χ4v) is 3.03. The van der Waals surface area contributed by atoms with Crippen LogP contribution >= 0.6 is 11.6 Å². The van der Waals surface area contributed by atoms with Gasteiger partial charge in [0.15, 0.2) is 0 Å². The van der Waals surface area contributed by atoms with Crippen molar-refractivity contribution in [2.45, 2.75) is 13.0 Å². The number of allylic oxidation sites excluding steroid dienone is 1. The first-order valence-electron chi connectivity index (χ1n) is 8.49. The third-order valence-corrected chi connectivity index (χ3v) is 4.58. The largest absolute Gasteiger partial charge is 0.497 e. The lowest BCUT2D eigenvalue weighted by atomic mass is 9.95. The molecule has 1 aliphatic rings. The van der Waals surface area contributed by atoms with Crippen LogP contribution in [0.3, 0.4) is 0 Å². The Hall–Kier alpha value is -3.32. The van der Waals surface area contributed by atoms with Crippen molar-refractivity contribution in [3.05, 3.63) is 76.0 Å². The summed E-state index contributed by atoms with van der Waals surface area (Å²) in [5.74, 6) is 0.245. The molecule has 28 heavy (non-hydrogen) atoms. The Bertz CT molecular complexity index is 954. The fraction of sp³-hybridized carbons (Fsp3) is 0.150. The lowest BCUT2D eigenvalue weighted by molar-refractivity contribution is -0.117. The molecule has 2 aromatic rings. The second-order valence-electron chi connectivity index (χ2n) is 6.06. The lowest BCUT2D eigenvalue weighted by Crippen LogP contribution is -2.46. The van der Waals surface area contributed by atoms with Gasteiger partial charge in [0.05, 0.1) is 24.9 Å². The normalized spacial score (nSPS) is 16.5. The average molecular weight is 399 g/mol. The number of amides is 3. The van der Waals surface area contributed by atoms with Gasteiger partial charge in [-0.1, -0.05) is 41.9 Å². The summed E-state index contributed by atoms with van der Waals surface area (Å²) in [6.45, 7) is 1.67. The van der Waals surface area contributed by atoms with Gasteiger partial charge in [0.1, 0.15) is 5.75 Å². The first-order chi connectivity index (χ1) is 13.5. The number of hydrogen-bond donors (Lipinski definition) is 3. The smallest absolute Gasteiger partial charge is 0.319 e. The monoisotopic (exact) mass is 398 g/mol. The summed E-state index contributed by atoms with van der Waals surface area (Å²) in [6.07, 6.45) is 1.47. The molecule has 8 heteroatoms. The van der Waals surface area contributed by atoms with E-state index >= 15 is 0 Å². The molecule has 0 saturated carbocycles. The van der Waals surface area contributed by atoms with Crippen LogP contribution in [-0.2, 0) is 4.79 Å². The Morgan fingerprint density at radius 3 is 2.61 bits per heavy atom. The predicted molar refractivity (Wildman–Crippen MR) is 107 cm³/mol. The van der Waals surface area contributed by atoms with Gasteiger partial charge in [0.25, 0.3) is 5.91 Å². The van der Waals surface area contributed by atoms with Crippen LogP contribution in [0.2, 0.25) is 5.02 Å². The van der Waals surface area contributed by atoms with Gasteiger partial charge in [-0.15, -0.1) is 0 Å². The molecular weight excluding hydrogens is 380 g/mol. The van der Waals surface area contributed by atoms with Gasteiger partial charge in [0, 0.05) is 16.3 Å². The molecule has 0 fully saturated rings. The number of hydrogen-bond acceptors (Lipinski definition) is 4. The summed E-state index contributed by atoms with van der Waals surface area (Å²) in [5.41, 5.74) is 4.73. The Balaban J connectivity index is 1.83. The minimum Gasteiger partial charge on any atom is -0.497 e. The molecule has 3 N–H and O–H groups in total. The van der Waals surface area contributed by atoms with E-state index in [0.29, 0.717) is 27.6 Å². The number of benzene rings is 2. The zero-order valence-electron chi connectivity index (χ0n) is 15.3. The van der Waals surface area contributed by atoms with Gasteiger partial charge < -0.3 is 15.4 Å². The number of carbonyl (C=O) groups is 2. The van der Waals surface area contributed by atoms with E-state index < -0.39 is 11.9 Å². The average Bonchev–Trinajstić information content (AvgIpc) is 2.69. The van der Waals surface area contributed by atoms with E-state index in [-0.39, 0.29) is 6.03 Å². The third-order valence-electron chi connectivity index (χ3n) is 4.24. The molecule has 0 aromatic heterocycles. The first-order valence-corrected chi connectivity index (χ1v) is 8.87. The van der Waals surface area contributed by atoms with Crippen LogP contribution in [0.5, 0.6) is 5.75 Å². The predicted octanol–water partition coefficient (Wildman–Crippen LogP) is 3.13. The first kappa shape index (κ1) is 19.4. The number of methoxy groups -OCH3 is 1. The maximum atomic E-state index is 12.8. The topological polar surface area (TPSA) is 91.8 Å². The SMILES string of the molecule is COc1ccc(C2NC(=O)NC(C)=C2C(=O)NN=Cc2ccccc2Cl)cc1. The van der Waals surface area contributed by atoms with Gasteiger partial charge in [0.2, 0.25) is 0 Å². The van der Waals surface area contributed by atoms with Gasteiger partial charge in [-0.05, 0) is 30.7 Å². The Labute approximate surface area is 167 Å². The molecule has 0 radical (unpaired) electrons. The molecule has 0 spiro atoms. The summed E-state index contributed by atoms with van der Waals surface area (Å²) < 4.78 is 5.16. The van der Waals surface area contributed by atoms with Gasteiger partial charge in [-0.3, -0.25) is 4.79 Å². The summed E-state index contributed by atoms with van der Waals surface area (Å²) >= 11 is 6.07. The number of urea groups is 1. The van der Waals surface area contributed by atoms with Crippen molar-refractivity contribution in [2.75, 3.05) is 7.11 Å². The van der Waals surface area contributed by atoms with E-state index in [9.17, 15) is 9.59 Å². The van der Waals surface area contributed by atoms with Gasteiger partial charge in [-0.25, -0.2) is 10.2 Å². The molecule has 1 atom stereocenters. The molecule has 1 aliphatic heterocycles. The Morgan fingerprint density at radius 1 is 1.21 bits per heavy atom. The lowest BCUT2D eigenvalue weighted by Gasteiger charge is -2.28. The van der Waals surface area contributed by atoms with Crippen LogP contribution in [0.4, 0.5) is 4.79 Å². The number of nitrogens with one attached hydrogen (secondary N) is 3. The van der Waals surface area contributed by atoms with Crippen molar-refractivity contribution in [3.8, 4) is 5.75 Å². The highest BCUT2D eigenvalue weighted by molar-refractivity contribution is 6.33. The van der Waals surface area contributed by atoms with Gasteiger partial charge >= 0.3 is 6.03 Å². The fourth-order valence-electron chi connectivity index (χ4n) is 2.84. The highest BCUT2D eigenvalue weighted by Crippen LogP contribution is 2.28. The molecule has 1 unspecified atom stereocenters. The van der Waals surface area contributed by atoms with E-state index in [2.05, 4.69) is 21.2 Å².